The first-order valence-electron chi connectivity index (χ1n) is 6.45. The lowest BCUT2D eigenvalue weighted by Gasteiger charge is -2.30. The molecule has 6 heteroatoms. The third-order valence-electron chi connectivity index (χ3n) is 2.89. The van der Waals surface area contributed by atoms with Gasteiger partial charge >= 0.3 is 6.09 Å². The van der Waals surface area contributed by atoms with Gasteiger partial charge in [0.15, 0.2) is 0 Å². The lowest BCUT2D eigenvalue weighted by atomic mass is 9.83. The van der Waals surface area contributed by atoms with Crippen LogP contribution in [-0.2, 0) is 10.2 Å². The van der Waals surface area contributed by atoms with E-state index in [-0.39, 0.29) is 0 Å². The van der Waals surface area contributed by atoms with E-state index < -0.39 is 17.1 Å². The molecule has 1 rings (SSSR count). The zero-order chi connectivity index (χ0) is 15.4. The first-order chi connectivity index (χ1) is 9.18. The van der Waals surface area contributed by atoms with Crippen molar-refractivity contribution in [3.63, 3.8) is 0 Å². The van der Waals surface area contributed by atoms with Crippen LogP contribution in [0.2, 0.25) is 5.02 Å². The van der Waals surface area contributed by atoms with Crippen LogP contribution in [0.25, 0.3) is 0 Å². The molecule has 1 unspecified atom stereocenters. The maximum atomic E-state index is 11.7. The summed E-state index contributed by atoms with van der Waals surface area (Å²) >= 11 is 6.15. The van der Waals surface area contributed by atoms with Crippen LogP contribution in [-0.4, -0.2) is 29.8 Å². The van der Waals surface area contributed by atoms with Gasteiger partial charge in [-0.05, 0) is 32.4 Å². The van der Waals surface area contributed by atoms with Crippen molar-refractivity contribution >= 4 is 17.7 Å². The summed E-state index contributed by atoms with van der Waals surface area (Å²) in [6.07, 6.45) is 2.75. The van der Waals surface area contributed by atoms with E-state index in [2.05, 4.69) is 10.3 Å². The second-order valence-electron chi connectivity index (χ2n) is 5.98. The highest BCUT2D eigenvalue weighted by Gasteiger charge is 2.29. The number of hydrogen-bond donors (Lipinski definition) is 2. The normalized spacial score (nSPS) is 14.5. The van der Waals surface area contributed by atoms with Gasteiger partial charge in [0, 0.05) is 30.9 Å². The summed E-state index contributed by atoms with van der Waals surface area (Å²) in [5.41, 5.74) is 5.70. The molecule has 0 radical (unpaired) electrons. The number of alkyl carbamates (subject to hydrolysis) is 1. The smallest absolute Gasteiger partial charge is 0.407 e. The molecule has 1 atom stereocenters. The Morgan fingerprint density at radius 3 is 2.60 bits per heavy atom. The van der Waals surface area contributed by atoms with Gasteiger partial charge in [-0.2, -0.15) is 0 Å². The van der Waals surface area contributed by atoms with Crippen molar-refractivity contribution < 1.29 is 9.53 Å². The molecule has 0 saturated heterocycles. The number of nitrogens with zero attached hydrogens (tertiary/aromatic N) is 1. The minimum Gasteiger partial charge on any atom is -0.444 e. The van der Waals surface area contributed by atoms with Crippen LogP contribution in [0.4, 0.5) is 4.79 Å². The van der Waals surface area contributed by atoms with Crippen molar-refractivity contribution in [1.82, 2.24) is 10.3 Å². The van der Waals surface area contributed by atoms with E-state index >= 15 is 0 Å². The predicted molar refractivity (Wildman–Crippen MR) is 79.9 cm³/mol. The van der Waals surface area contributed by atoms with E-state index in [4.69, 9.17) is 22.1 Å². The van der Waals surface area contributed by atoms with E-state index in [1.165, 1.54) is 0 Å². The van der Waals surface area contributed by atoms with Gasteiger partial charge in [0.05, 0.1) is 5.02 Å². The zero-order valence-electron chi connectivity index (χ0n) is 12.4. The maximum absolute atomic E-state index is 11.7. The van der Waals surface area contributed by atoms with E-state index in [9.17, 15) is 4.79 Å². The lowest BCUT2D eigenvalue weighted by molar-refractivity contribution is 0.0516. The molecule has 0 spiro atoms. The average Bonchev–Trinajstić information content (AvgIpc) is 2.34. The van der Waals surface area contributed by atoms with Crippen LogP contribution < -0.4 is 11.1 Å². The highest BCUT2D eigenvalue weighted by Crippen LogP contribution is 2.28. The fourth-order valence-corrected chi connectivity index (χ4v) is 2.07. The van der Waals surface area contributed by atoms with E-state index in [1.54, 1.807) is 12.4 Å². The molecule has 0 fully saturated rings. The monoisotopic (exact) mass is 299 g/mol. The van der Waals surface area contributed by atoms with Crippen LogP contribution >= 0.6 is 11.6 Å². The highest BCUT2D eigenvalue weighted by atomic mass is 35.5. The Hall–Kier alpha value is -1.33. The number of amides is 1. The summed E-state index contributed by atoms with van der Waals surface area (Å²) in [7, 11) is 0. The van der Waals surface area contributed by atoms with Crippen molar-refractivity contribution in [3.05, 3.63) is 29.0 Å². The van der Waals surface area contributed by atoms with Crippen LogP contribution in [0.15, 0.2) is 18.5 Å². The molecule has 3 N–H and O–H groups in total. The maximum Gasteiger partial charge on any atom is 0.407 e. The van der Waals surface area contributed by atoms with Gasteiger partial charge < -0.3 is 15.8 Å². The topological polar surface area (TPSA) is 77.2 Å². The number of rotatable bonds is 4. The van der Waals surface area contributed by atoms with Gasteiger partial charge in [-0.3, -0.25) is 4.98 Å². The molecule has 0 aromatic carbocycles. The summed E-state index contributed by atoms with van der Waals surface area (Å²) < 4.78 is 5.21. The quantitative estimate of drug-likeness (QED) is 0.895. The Balaban J connectivity index is 2.77. The Labute approximate surface area is 124 Å². The van der Waals surface area contributed by atoms with Crippen LogP contribution in [0.5, 0.6) is 0 Å². The predicted octanol–water partition coefficient (Wildman–Crippen LogP) is 2.48. The van der Waals surface area contributed by atoms with Crippen molar-refractivity contribution in [3.8, 4) is 0 Å². The van der Waals surface area contributed by atoms with Gasteiger partial charge in [-0.25, -0.2) is 4.79 Å². The molecule has 20 heavy (non-hydrogen) atoms. The molecule has 1 aromatic rings. The van der Waals surface area contributed by atoms with Crippen molar-refractivity contribution in [2.45, 2.75) is 38.7 Å². The van der Waals surface area contributed by atoms with Crippen LogP contribution in [0, 0.1) is 0 Å². The summed E-state index contributed by atoms with van der Waals surface area (Å²) in [4.78, 5) is 15.7. The third kappa shape index (κ3) is 4.65. The third-order valence-corrected chi connectivity index (χ3v) is 3.20. The number of carbonyl (C=O) groups excluding carboxylic acids is 1. The fraction of sp³-hybridized carbons (Fsp3) is 0.571. The van der Waals surface area contributed by atoms with Crippen molar-refractivity contribution in [2.75, 3.05) is 13.1 Å². The summed E-state index contributed by atoms with van der Waals surface area (Å²) in [5, 5.41) is 3.27. The Kier molecular flexibility index (Phi) is 5.36. The van der Waals surface area contributed by atoms with E-state index in [1.807, 2.05) is 33.8 Å². The SMILES string of the molecule is CC(C)(C)OC(=O)NCC(C)(CN)c1ccncc1Cl. The lowest BCUT2D eigenvalue weighted by Crippen LogP contribution is -2.45. The molecule has 0 aliphatic heterocycles. The zero-order valence-corrected chi connectivity index (χ0v) is 13.1. The minimum absolute atomic E-state index is 0.335. The first-order valence-corrected chi connectivity index (χ1v) is 6.83. The second kappa shape index (κ2) is 6.41. The minimum atomic E-state index is -0.530. The molecule has 0 saturated carbocycles. The Bertz CT molecular complexity index is 474. The van der Waals surface area contributed by atoms with E-state index in [0.29, 0.717) is 18.1 Å². The van der Waals surface area contributed by atoms with Crippen molar-refractivity contribution in [1.29, 1.82) is 0 Å². The molecule has 1 heterocycles. The molecule has 0 aliphatic carbocycles. The number of nitrogens with two attached hydrogens (primary N) is 1. The molecular formula is C14H22ClN3O2. The highest BCUT2D eigenvalue weighted by molar-refractivity contribution is 6.31. The summed E-state index contributed by atoms with van der Waals surface area (Å²) in [6.45, 7) is 8.05. The van der Waals surface area contributed by atoms with Gasteiger partial charge in [0.25, 0.3) is 0 Å². The second-order valence-corrected chi connectivity index (χ2v) is 6.38. The standard InChI is InChI=1S/C14H22ClN3O2/c1-13(2,3)20-12(19)18-9-14(4,8-16)10-5-6-17-7-11(10)15/h5-7H,8-9,16H2,1-4H3,(H,18,19). The van der Waals surface area contributed by atoms with Gasteiger partial charge in [-0.15, -0.1) is 0 Å². The summed E-state index contributed by atoms with van der Waals surface area (Å²) in [6, 6.07) is 1.81. The molecular weight excluding hydrogens is 278 g/mol. The number of pyridine rings is 1. The van der Waals surface area contributed by atoms with Crippen molar-refractivity contribution in [2.24, 2.45) is 5.73 Å². The largest absolute Gasteiger partial charge is 0.444 e. The molecule has 5 nitrogen and oxygen atoms in total. The first kappa shape index (κ1) is 16.7. The fourth-order valence-electron chi connectivity index (χ4n) is 1.72. The van der Waals surface area contributed by atoms with E-state index in [0.717, 1.165) is 5.56 Å². The number of nitrogens with one attached hydrogen (secondary N) is 1. The number of halogens is 1. The van der Waals surface area contributed by atoms with Crippen LogP contribution in [0.3, 0.4) is 0 Å². The Morgan fingerprint density at radius 2 is 2.10 bits per heavy atom. The molecule has 112 valence electrons. The Morgan fingerprint density at radius 1 is 1.45 bits per heavy atom. The molecule has 0 bridgehead atoms. The van der Waals surface area contributed by atoms with Gasteiger partial charge in [0.2, 0.25) is 0 Å². The molecule has 1 aromatic heterocycles. The van der Waals surface area contributed by atoms with Gasteiger partial charge in [-0.1, -0.05) is 18.5 Å². The number of carbonyl (C=O) groups is 1. The number of ether oxygens (including phenoxy) is 1. The van der Waals surface area contributed by atoms with Crippen LogP contribution in [0.1, 0.15) is 33.3 Å². The molecule has 0 aliphatic rings. The summed E-state index contributed by atoms with van der Waals surface area (Å²) in [5.74, 6) is 0. The number of aromatic nitrogens is 1. The van der Waals surface area contributed by atoms with Gasteiger partial charge in [0.1, 0.15) is 5.60 Å². The molecule has 1 amide bonds. The average molecular weight is 300 g/mol. The number of hydrogen-bond acceptors (Lipinski definition) is 4.